The number of hydrogen-bond donors (Lipinski definition) is 1. The van der Waals surface area contributed by atoms with Crippen LogP contribution in [0, 0.1) is 11.8 Å². The van der Waals surface area contributed by atoms with E-state index in [9.17, 15) is 14.4 Å². The summed E-state index contributed by atoms with van der Waals surface area (Å²) in [6, 6.07) is 6.30. The maximum Gasteiger partial charge on any atom is 0.379 e. The monoisotopic (exact) mass is 273 g/mol. The van der Waals surface area contributed by atoms with Crippen molar-refractivity contribution < 1.29 is 19.1 Å². The molecule has 0 aromatic heterocycles. The Morgan fingerprint density at radius 2 is 1.85 bits per heavy atom. The lowest BCUT2D eigenvalue weighted by Crippen LogP contribution is -2.19. The van der Waals surface area contributed by atoms with Crippen molar-refractivity contribution in [3.63, 3.8) is 0 Å². The molecule has 5 nitrogen and oxygen atoms in total. The number of ketones is 1. The summed E-state index contributed by atoms with van der Waals surface area (Å²) >= 11 is 0. The molecule has 0 saturated heterocycles. The van der Waals surface area contributed by atoms with Gasteiger partial charge in [-0.15, -0.1) is 0 Å². The smallest absolute Gasteiger partial charge is 0.379 e. The van der Waals surface area contributed by atoms with Crippen molar-refractivity contribution in [3.8, 4) is 11.8 Å². The fourth-order valence-corrected chi connectivity index (χ4v) is 1.33. The summed E-state index contributed by atoms with van der Waals surface area (Å²) in [7, 11) is 0. The van der Waals surface area contributed by atoms with Crippen LogP contribution in [0.1, 0.15) is 29.8 Å². The molecule has 0 unspecified atom stereocenters. The second kappa shape index (κ2) is 7.74. The highest BCUT2D eigenvalue weighted by Gasteiger charge is 2.16. The third-order valence-corrected chi connectivity index (χ3v) is 2.27. The van der Waals surface area contributed by atoms with E-state index in [1.807, 2.05) is 0 Å². The number of amides is 1. The zero-order valence-electron chi connectivity index (χ0n) is 11.4. The Labute approximate surface area is 117 Å². The third-order valence-electron chi connectivity index (χ3n) is 2.27. The van der Waals surface area contributed by atoms with E-state index in [2.05, 4.69) is 21.9 Å². The van der Waals surface area contributed by atoms with E-state index in [1.165, 1.54) is 19.1 Å². The Bertz CT molecular complexity index is 564. The Morgan fingerprint density at radius 3 is 2.40 bits per heavy atom. The summed E-state index contributed by atoms with van der Waals surface area (Å²) < 4.78 is 4.63. The Balaban J connectivity index is 2.66. The van der Waals surface area contributed by atoms with E-state index < -0.39 is 11.8 Å². The van der Waals surface area contributed by atoms with Crippen LogP contribution in [-0.2, 0) is 14.3 Å². The van der Waals surface area contributed by atoms with Gasteiger partial charge < -0.3 is 10.1 Å². The van der Waals surface area contributed by atoms with Crippen molar-refractivity contribution in [3.05, 3.63) is 35.4 Å². The van der Waals surface area contributed by atoms with Gasteiger partial charge in [-0.1, -0.05) is 11.8 Å². The summed E-state index contributed by atoms with van der Waals surface area (Å²) in [6.07, 6.45) is 0. The van der Waals surface area contributed by atoms with Gasteiger partial charge in [0.25, 0.3) is 5.78 Å². The van der Waals surface area contributed by atoms with Crippen LogP contribution in [0.25, 0.3) is 0 Å². The summed E-state index contributed by atoms with van der Waals surface area (Å²) in [4.78, 5) is 33.5. The molecule has 0 aliphatic carbocycles. The second-order valence-electron chi connectivity index (χ2n) is 3.84. The van der Waals surface area contributed by atoms with Crippen LogP contribution in [0.4, 0.5) is 0 Å². The standard InChI is InChI=1S/C15H15NO4/c1-3-20-15(19)14(18)13-8-6-12(7-9-13)5-4-10-16-11(2)17/h6-9H,3,10H2,1-2H3,(H,16,17). The van der Waals surface area contributed by atoms with Gasteiger partial charge in [0.1, 0.15) is 0 Å². The van der Waals surface area contributed by atoms with Crippen LogP contribution in [0.15, 0.2) is 24.3 Å². The molecule has 0 saturated carbocycles. The van der Waals surface area contributed by atoms with Crippen LogP contribution in [0.3, 0.4) is 0 Å². The predicted octanol–water partition coefficient (Wildman–Crippen LogP) is 0.920. The molecule has 1 aromatic carbocycles. The van der Waals surface area contributed by atoms with Gasteiger partial charge in [0.2, 0.25) is 5.91 Å². The number of hydrogen-bond acceptors (Lipinski definition) is 4. The predicted molar refractivity (Wildman–Crippen MR) is 73.0 cm³/mol. The maximum absolute atomic E-state index is 11.6. The number of ether oxygens (including phenoxy) is 1. The van der Waals surface area contributed by atoms with E-state index in [4.69, 9.17) is 0 Å². The van der Waals surface area contributed by atoms with E-state index in [1.54, 1.807) is 19.1 Å². The van der Waals surface area contributed by atoms with Crippen LogP contribution in [0.5, 0.6) is 0 Å². The molecule has 20 heavy (non-hydrogen) atoms. The molecule has 1 rings (SSSR count). The molecule has 0 radical (unpaired) electrons. The molecule has 0 aliphatic heterocycles. The number of rotatable bonds is 4. The molecule has 0 atom stereocenters. The van der Waals surface area contributed by atoms with E-state index in [0.717, 1.165) is 0 Å². The van der Waals surface area contributed by atoms with E-state index in [-0.39, 0.29) is 24.6 Å². The van der Waals surface area contributed by atoms with Crippen molar-refractivity contribution in [1.82, 2.24) is 5.32 Å². The molecule has 0 spiro atoms. The quantitative estimate of drug-likeness (QED) is 0.383. The molecular formula is C15H15NO4. The van der Waals surface area contributed by atoms with E-state index >= 15 is 0 Å². The minimum absolute atomic E-state index is 0.144. The van der Waals surface area contributed by atoms with Gasteiger partial charge in [0.05, 0.1) is 13.2 Å². The largest absolute Gasteiger partial charge is 0.460 e. The first-order chi connectivity index (χ1) is 9.54. The van der Waals surface area contributed by atoms with Gasteiger partial charge in [0.15, 0.2) is 0 Å². The summed E-state index contributed by atoms with van der Waals surface area (Å²) in [5.74, 6) is 3.91. The number of benzene rings is 1. The van der Waals surface area contributed by atoms with Crippen LogP contribution < -0.4 is 5.32 Å². The van der Waals surface area contributed by atoms with Crippen molar-refractivity contribution in [2.45, 2.75) is 13.8 Å². The Kier molecular flexibility index (Phi) is 5.98. The Hall–Kier alpha value is -2.61. The van der Waals surface area contributed by atoms with Crippen LogP contribution in [-0.4, -0.2) is 30.8 Å². The summed E-state index contributed by atoms with van der Waals surface area (Å²) in [6.45, 7) is 3.48. The van der Waals surface area contributed by atoms with Crippen LogP contribution >= 0.6 is 0 Å². The van der Waals surface area contributed by atoms with Gasteiger partial charge in [0, 0.05) is 18.1 Å². The van der Waals surface area contributed by atoms with Crippen molar-refractivity contribution >= 4 is 17.7 Å². The molecule has 0 fully saturated rings. The molecule has 1 amide bonds. The lowest BCUT2D eigenvalue weighted by molar-refractivity contribution is -0.137. The minimum atomic E-state index is -0.864. The number of carbonyl (C=O) groups is 3. The normalized spacial score (nSPS) is 9.10. The summed E-state index contributed by atoms with van der Waals surface area (Å²) in [5.41, 5.74) is 0.951. The molecule has 0 bridgehead atoms. The number of esters is 1. The van der Waals surface area contributed by atoms with Gasteiger partial charge >= 0.3 is 5.97 Å². The first-order valence-electron chi connectivity index (χ1n) is 6.09. The van der Waals surface area contributed by atoms with Crippen LogP contribution in [0.2, 0.25) is 0 Å². The first kappa shape index (κ1) is 15.4. The lowest BCUT2D eigenvalue weighted by Gasteiger charge is -2.00. The molecule has 5 heteroatoms. The highest BCUT2D eigenvalue weighted by molar-refractivity contribution is 6.40. The van der Waals surface area contributed by atoms with Crippen molar-refractivity contribution in [2.24, 2.45) is 0 Å². The molecule has 104 valence electrons. The highest BCUT2D eigenvalue weighted by atomic mass is 16.5. The second-order valence-corrected chi connectivity index (χ2v) is 3.84. The lowest BCUT2D eigenvalue weighted by atomic mass is 10.1. The van der Waals surface area contributed by atoms with E-state index in [0.29, 0.717) is 5.56 Å². The number of Topliss-reactive ketones (excluding diaryl/α,β-unsaturated/α-hetero) is 1. The topological polar surface area (TPSA) is 72.5 Å². The minimum Gasteiger partial charge on any atom is -0.460 e. The zero-order chi connectivity index (χ0) is 15.0. The average molecular weight is 273 g/mol. The first-order valence-corrected chi connectivity index (χ1v) is 6.09. The molecule has 1 aromatic rings. The number of nitrogens with one attached hydrogen (secondary N) is 1. The molecule has 0 heterocycles. The third kappa shape index (κ3) is 4.94. The SMILES string of the molecule is CCOC(=O)C(=O)c1ccc(C#CCNC(C)=O)cc1. The number of carbonyl (C=O) groups excluding carboxylic acids is 3. The van der Waals surface area contributed by atoms with Gasteiger partial charge in [-0.25, -0.2) is 4.79 Å². The Morgan fingerprint density at radius 1 is 1.20 bits per heavy atom. The van der Waals surface area contributed by atoms with Crippen molar-refractivity contribution in [1.29, 1.82) is 0 Å². The van der Waals surface area contributed by atoms with Crippen molar-refractivity contribution in [2.75, 3.05) is 13.2 Å². The molecular weight excluding hydrogens is 258 g/mol. The molecule has 1 N–H and O–H groups in total. The van der Waals surface area contributed by atoms with Gasteiger partial charge in [-0.3, -0.25) is 9.59 Å². The van der Waals surface area contributed by atoms with Gasteiger partial charge in [-0.05, 0) is 31.2 Å². The van der Waals surface area contributed by atoms with Gasteiger partial charge in [-0.2, -0.15) is 0 Å². The maximum atomic E-state index is 11.6. The fraction of sp³-hybridized carbons (Fsp3) is 0.267. The molecule has 0 aliphatic rings. The highest BCUT2D eigenvalue weighted by Crippen LogP contribution is 2.05. The fourth-order valence-electron chi connectivity index (χ4n) is 1.33. The zero-order valence-corrected chi connectivity index (χ0v) is 11.4. The average Bonchev–Trinajstić information content (AvgIpc) is 2.43. The summed E-state index contributed by atoms with van der Waals surface area (Å²) in [5, 5.41) is 2.55.